The molecule has 3 aromatic rings. The van der Waals surface area contributed by atoms with Crippen LogP contribution in [0.4, 0.5) is 11.4 Å². The number of nitro groups is 1. The summed E-state index contributed by atoms with van der Waals surface area (Å²) >= 11 is 0. The standard InChI is InChI=1S/C24H24N2O5/c1-15-5-6-16(2)22(13-15)25-24(27)17(3)31-23-12-9-19(26(28)29)14-21(23)18-7-10-20(30-4)11-8-18/h5-14,17H,1-4H3,(H,25,27)/t17-/m0/s1. The predicted molar refractivity (Wildman–Crippen MR) is 120 cm³/mol. The molecule has 0 aromatic heterocycles. The van der Waals surface area contributed by atoms with Gasteiger partial charge in [-0.05, 0) is 61.7 Å². The Balaban J connectivity index is 1.87. The van der Waals surface area contributed by atoms with Crippen LogP contribution in [0.2, 0.25) is 0 Å². The Bertz CT molecular complexity index is 1110. The average Bonchev–Trinajstić information content (AvgIpc) is 2.76. The van der Waals surface area contributed by atoms with Gasteiger partial charge in [-0.25, -0.2) is 0 Å². The van der Waals surface area contributed by atoms with Gasteiger partial charge in [-0.3, -0.25) is 14.9 Å². The fraction of sp³-hybridized carbons (Fsp3) is 0.208. The van der Waals surface area contributed by atoms with E-state index in [1.54, 1.807) is 38.3 Å². The zero-order chi connectivity index (χ0) is 22.5. The molecule has 3 rings (SSSR count). The highest BCUT2D eigenvalue weighted by molar-refractivity contribution is 5.95. The number of nitrogens with one attached hydrogen (secondary N) is 1. The number of benzene rings is 3. The highest BCUT2D eigenvalue weighted by atomic mass is 16.6. The Labute approximate surface area is 180 Å². The summed E-state index contributed by atoms with van der Waals surface area (Å²) in [6, 6.07) is 17.2. The zero-order valence-electron chi connectivity index (χ0n) is 17.8. The van der Waals surface area contributed by atoms with Crippen molar-refractivity contribution in [1.82, 2.24) is 0 Å². The summed E-state index contributed by atoms with van der Waals surface area (Å²) in [5.41, 5.74) is 3.86. The topological polar surface area (TPSA) is 90.7 Å². The molecule has 1 N–H and O–H groups in total. The molecular formula is C24H24N2O5. The molecule has 31 heavy (non-hydrogen) atoms. The molecule has 0 saturated carbocycles. The molecule has 0 bridgehead atoms. The highest BCUT2D eigenvalue weighted by Gasteiger charge is 2.20. The van der Waals surface area contributed by atoms with Gasteiger partial charge >= 0.3 is 0 Å². The fourth-order valence-corrected chi connectivity index (χ4v) is 3.08. The van der Waals surface area contributed by atoms with Crippen LogP contribution in [-0.2, 0) is 4.79 Å². The number of anilines is 1. The molecule has 0 aliphatic heterocycles. The first kappa shape index (κ1) is 21.8. The smallest absolute Gasteiger partial charge is 0.270 e. The van der Waals surface area contributed by atoms with Gasteiger partial charge in [-0.15, -0.1) is 0 Å². The van der Waals surface area contributed by atoms with E-state index in [1.165, 1.54) is 18.2 Å². The molecular weight excluding hydrogens is 396 g/mol. The predicted octanol–water partition coefficient (Wildman–Crippen LogP) is 5.29. The first-order valence-electron chi connectivity index (χ1n) is 9.76. The van der Waals surface area contributed by atoms with Crippen LogP contribution in [0.5, 0.6) is 11.5 Å². The van der Waals surface area contributed by atoms with Crippen LogP contribution in [0.3, 0.4) is 0 Å². The summed E-state index contributed by atoms with van der Waals surface area (Å²) < 4.78 is 11.1. The number of rotatable bonds is 7. The molecule has 7 heteroatoms. The summed E-state index contributed by atoms with van der Waals surface area (Å²) in [4.78, 5) is 23.5. The molecule has 3 aromatic carbocycles. The van der Waals surface area contributed by atoms with Crippen LogP contribution in [0.15, 0.2) is 60.7 Å². The van der Waals surface area contributed by atoms with E-state index in [4.69, 9.17) is 9.47 Å². The molecule has 0 heterocycles. The summed E-state index contributed by atoms with van der Waals surface area (Å²) in [7, 11) is 1.56. The number of nitrogens with zero attached hydrogens (tertiary/aromatic N) is 1. The Morgan fingerprint density at radius 3 is 2.39 bits per heavy atom. The van der Waals surface area contributed by atoms with E-state index in [0.29, 0.717) is 22.6 Å². The quantitative estimate of drug-likeness (QED) is 0.414. The summed E-state index contributed by atoms with van der Waals surface area (Å²) in [5.74, 6) is 0.727. The van der Waals surface area contributed by atoms with E-state index < -0.39 is 11.0 Å². The maximum absolute atomic E-state index is 12.7. The molecule has 0 spiro atoms. The van der Waals surface area contributed by atoms with Gasteiger partial charge in [0.1, 0.15) is 11.5 Å². The summed E-state index contributed by atoms with van der Waals surface area (Å²) in [6.07, 6.45) is -0.821. The van der Waals surface area contributed by atoms with Crippen molar-refractivity contribution in [1.29, 1.82) is 0 Å². The average molecular weight is 420 g/mol. The third-order valence-corrected chi connectivity index (χ3v) is 4.90. The number of aryl methyl sites for hydroxylation is 2. The molecule has 0 fully saturated rings. The minimum absolute atomic E-state index is 0.0642. The van der Waals surface area contributed by atoms with E-state index >= 15 is 0 Å². The van der Waals surface area contributed by atoms with Crippen molar-refractivity contribution in [3.63, 3.8) is 0 Å². The molecule has 1 atom stereocenters. The fourth-order valence-electron chi connectivity index (χ4n) is 3.08. The van der Waals surface area contributed by atoms with Crippen LogP contribution < -0.4 is 14.8 Å². The normalized spacial score (nSPS) is 11.5. The van der Waals surface area contributed by atoms with E-state index in [1.807, 2.05) is 32.0 Å². The summed E-state index contributed by atoms with van der Waals surface area (Å²) in [5, 5.41) is 14.2. The Morgan fingerprint density at radius 2 is 1.74 bits per heavy atom. The van der Waals surface area contributed by atoms with Gasteiger partial charge in [0.2, 0.25) is 0 Å². The van der Waals surface area contributed by atoms with Crippen molar-refractivity contribution in [2.45, 2.75) is 26.9 Å². The van der Waals surface area contributed by atoms with E-state index in [0.717, 1.165) is 16.8 Å². The number of hydrogen-bond acceptors (Lipinski definition) is 5. The molecule has 160 valence electrons. The second-order valence-corrected chi connectivity index (χ2v) is 7.23. The minimum Gasteiger partial charge on any atom is -0.497 e. The van der Waals surface area contributed by atoms with Gasteiger partial charge in [0.25, 0.3) is 11.6 Å². The molecule has 0 aliphatic rings. The number of hydrogen-bond donors (Lipinski definition) is 1. The maximum atomic E-state index is 12.7. The van der Waals surface area contributed by atoms with Crippen molar-refractivity contribution < 1.29 is 19.2 Å². The van der Waals surface area contributed by atoms with E-state index in [-0.39, 0.29) is 11.6 Å². The maximum Gasteiger partial charge on any atom is 0.270 e. The third-order valence-electron chi connectivity index (χ3n) is 4.90. The lowest BCUT2D eigenvalue weighted by molar-refractivity contribution is -0.384. The van der Waals surface area contributed by atoms with Gasteiger partial charge in [0.05, 0.1) is 12.0 Å². The lowest BCUT2D eigenvalue weighted by atomic mass is 10.0. The van der Waals surface area contributed by atoms with Crippen molar-refractivity contribution in [3.8, 4) is 22.6 Å². The highest BCUT2D eigenvalue weighted by Crippen LogP contribution is 2.35. The lowest BCUT2D eigenvalue weighted by Gasteiger charge is -2.18. The van der Waals surface area contributed by atoms with Gasteiger partial charge in [-0.1, -0.05) is 24.3 Å². The van der Waals surface area contributed by atoms with Crippen LogP contribution in [-0.4, -0.2) is 24.0 Å². The molecule has 0 unspecified atom stereocenters. The zero-order valence-corrected chi connectivity index (χ0v) is 17.8. The Hall–Kier alpha value is -3.87. The number of ether oxygens (including phenoxy) is 2. The number of non-ortho nitro benzene ring substituents is 1. The second-order valence-electron chi connectivity index (χ2n) is 7.23. The number of carbonyl (C=O) groups excluding carboxylic acids is 1. The van der Waals surface area contributed by atoms with Crippen LogP contribution in [0, 0.1) is 24.0 Å². The summed E-state index contributed by atoms with van der Waals surface area (Å²) in [6.45, 7) is 5.51. The second kappa shape index (κ2) is 9.30. The van der Waals surface area contributed by atoms with Crippen molar-refractivity contribution in [2.24, 2.45) is 0 Å². The van der Waals surface area contributed by atoms with Crippen LogP contribution >= 0.6 is 0 Å². The van der Waals surface area contributed by atoms with E-state index in [9.17, 15) is 14.9 Å². The molecule has 0 aliphatic carbocycles. The number of methoxy groups -OCH3 is 1. The van der Waals surface area contributed by atoms with Gasteiger partial charge in [0, 0.05) is 23.4 Å². The first-order chi connectivity index (χ1) is 14.8. The largest absolute Gasteiger partial charge is 0.497 e. The SMILES string of the molecule is COc1ccc(-c2cc([N+](=O)[O-])ccc2O[C@@H](C)C(=O)Nc2cc(C)ccc2C)cc1. The van der Waals surface area contributed by atoms with Crippen molar-refractivity contribution in [2.75, 3.05) is 12.4 Å². The van der Waals surface area contributed by atoms with Gasteiger partial charge in [-0.2, -0.15) is 0 Å². The monoisotopic (exact) mass is 420 g/mol. The van der Waals surface area contributed by atoms with E-state index in [2.05, 4.69) is 5.32 Å². The van der Waals surface area contributed by atoms with Crippen LogP contribution in [0.1, 0.15) is 18.1 Å². The van der Waals surface area contributed by atoms with Gasteiger partial charge in [0.15, 0.2) is 6.10 Å². The Kier molecular flexibility index (Phi) is 6.55. The number of nitro benzene ring substituents is 1. The van der Waals surface area contributed by atoms with Crippen molar-refractivity contribution in [3.05, 3.63) is 81.9 Å². The van der Waals surface area contributed by atoms with Crippen molar-refractivity contribution >= 4 is 17.3 Å². The molecule has 1 amide bonds. The molecule has 7 nitrogen and oxygen atoms in total. The minimum atomic E-state index is -0.821. The molecule has 0 radical (unpaired) electrons. The van der Waals surface area contributed by atoms with Gasteiger partial charge < -0.3 is 14.8 Å². The lowest BCUT2D eigenvalue weighted by Crippen LogP contribution is -2.30. The number of carbonyl (C=O) groups is 1. The Morgan fingerprint density at radius 1 is 1.03 bits per heavy atom. The molecule has 0 saturated heterocycles. The number of amides is 1. The third kappa shape index (κ3) is 5.19. The van der Waals surface area contributed by atoms with Crippen LogP contribution in [0.25, 0.3) is 11.1 Å². The first-order valence-corrected chi connectivity index (χ1v) is 9.76.